The van der Waals surface area contributed by atoms with Crippen LogP contribution in [0.25, 0.3) is 21.2 Å². The molecule has 0 radical (unpaired) electrons. The van der Waals surface area contributed by atoms with Gasteiger partial charge < -0.3 is 18.1 Å². The Morgan fingerprint density at radius 3 is 2.04 bits per heavy atom. The highest BCUT2D eigenvalue weighted by molar-refractivity contribution is 7.88. The molecule has 0 atom stereocenters. The lowest BCUT2D eigenvalue weighted by atomic mass is 9.34. The van der Waals surface area contributed by atoms with Crippen LogP contribution in [0.5, 0.6) is 11.6 Å². The summed E-state index contributed by atoms with van der Waals surface area (Å²) in [6.07, 6.45) is 1.43. The van der Waals surface area contributed by atoms with Crippen LogP contribution in [0.3, 0.4) is 0 Å². The van der Waals surface area contributed by atoms with Gasteiger partial charge in [-0.1, -0.05) is 81.4 Å². The lowest BCUT2D eigenvalue weighted by molar-refractivity contribution is -0.165. The smallest absolute Gasteiger partial charge is 0.490 e. The number of ether oxygens (including phenoxy) is 2. The fourth-order valence-corrected chi connectivity index (χ4v) is 14.4. The number of thiophene rings is 1. The average Bonchev–Trinajstić information content (AvgIpc) is 3.56. The molecule has 0 N–H and O–H groups in total. The maximum Gasteiger partial charge on any atom is 0.534 e. The number of methoxy groups -OCH3 is 1. The lowest BCUT2D eigenvalue weighted by Gasteiger charge is -2.71. The number of hydrogen-bond acceptors (Lipinski definition) is 8. The van der Waals surface area contributed by atoms with Crippen molar-refractivity contribution < 1.29 is 48.5 Å². The molecule has 0 saturated heterocycles. The second-order valence-corrected chi connectivity index (χ2v) is 21.9. The molecule has 2 aromatic heterocycles. The molecular weight excluding hydrogens is 766 g/mol. The lowest BCUT2D eigenvalue weighted by Crippen LogP contribution is -2.71. The number of hydrogen-bond donors (Lipinski definition) is 0. The van der Waals surface area contributed by atoms with Crippen molar-refractivity contribution in [2.24, 2.45) is 5.41 Å². The van der Waals surface area contributed by atoms with Gasteiger partial charge in [0.2, 0.25) is 5.88 Å². The predicted molar refractivity (Wildman–Crippen MR) is 199 cm³/mol. The van der Waals surface area contributed by atoms with Crippen molar-refractivity contribution in [3.63, 3.8) is 0 Å². The minimum absolute atomic E-state index is 0.0540. The highest BCUT2D eigenvalue weighted by Crippen LogP contribution is 2.75. The molecule has 54 heavy (non-hydrogen) atoms. The molecule has 0 amide bonds. The quantitative estimate of drug-likeness (QED) is 0.0388. The molecule has 3 saturated carbocycles. The monoisotopic (exact) mass is 803 g/mol. The summed E-state index contributed by atoms with van der Waals surface area (Å²) in [5.41, 5.74) is -6.67. The van der Waals surface area contributed by atoms with E-state index in [0.29, 0.717) is 31.9 Å². The van der Waals surface area contributed by atoms with Crippen LogP contribution >= 0.6 is 11.3 Å². The fourth-order valence-electron chi connectivity index (χ4n) is 8.39. The average molecular weight is 804 g/mol. The first-order valence-corrected chi connectivity index (χ1v) is 21.4. The first-order valence-electron chi connectivity index (χ1n) is 17.2. The molecule has 3 aliphatic rings. The van der Waals surface area contributed by atoms with Crippen LogP contribution in [-0.2, 0) is 24.7 Å². The molecule has 0 spiro atoms. The fraction of sp³-hybridized carbons (Fsp3) is 0.359. The van der Waals surface area contributed by atoms with E-state index in [1.807, 2.05) is 36.4 Å². The van der Waals surface area contributed by atoms with E-state index in [4.69, 9.17) is 13.9 Å². The number of benzene rings is 3. The van der Waals surface area contributed by atoms with Gasteiger partial charge in [-0.15, -0.1) is 11.3 Å². The van der Waals surface area contributed by atoms with Crippen molar-refractivity contribution in [2.45, 2.75) is 56.0 Å². The molecular formula is C39H38F5NO6S2Si. The van der Waals surface area contributed by atoms with Crippen LogP contribution in [0.4, 0.5) is 22.0 Å². The summed E-state index contributed by atoms with van der Waals surface area (Å²) in [4.78, 5) is 4.49. The Morgan fingerprint density at radius 2 is 1.48 bits per heavy atom. The molecule has 5 aromatic rings. The summed E-state index contributed by atoms with van der Waals surface area (Å²) in [6, 6.07) is 23.4. The second-order valence-electron chi connectivity index (χ2n) is 15.2. The molecule has 15 heteroatoms. The molecule has 286 valence electrons. The molecule has 0 unspecified atom stereocenters. The topological polar surface area (TPSA) is 83.9 Å². The SMILES string of the molecule is COCCOc1cc(F)cc(F)c1-c1c(C23CC(CO[Si](c4ccccc4)(c4ccccc4)C(C)(C)C)(C2)C3)nc(OS(=O)(=O)C(F)(F)F)c2ccsc12. The van der Waals surface area contributed by atoms with Crippen molar-refractivity contribution in [1.82, 2.24) is 4.98 Å². The minimum atomic E-state index is -6.11. The van der Waals surface area contributed by atoms with Crippen LogP contribution in [0.1, 0.15) is 45.7 Å². The van der Waals surface area contributed by atoms with Gasteiger partial charge in [0.15, 0.2) is 0 Å². The van der Waals surface area contributed by atoms with E-state index < -0.39 is 46.9 Å². The van der Waals surface area contributed by atoms with Crippen LogP contribution in [0.2, 0.25) is 5.04 Å². The van der Waals surface area contributed by atoms with Gasteiger partial charge in [-0.2, -0.15) is 21.6 Å². The van der Waals surface area contributed by atoms with Crippen molar-refractivity contribution in [3.05, 3.63) is 102 Å². The Kier molecular flexibility index (Phi) is 9.73. The number of pyridine rings is 1. The second kappa shape index (κ2) is 13.7. The number of aromatic nitrogens is 1. The molecule has 2 bridgehead atoms. The highest BCUT2D eigenvalue weighted by atomic mass is 32.2. The summed E-state index contributed by atoms with van der Waals surface area (Å²) >= 11 is 1.04. The predicted octanol–water partition coefficient (Wildman–Crippen LogP) is 8.49. The third-order valence-corrected chi connectivity index (χ3v) is 17.4. The summed E-state index contributed by atoms with van der Waals surface area (Å²) in [6.45, 7) is 6.96. The van der Waals surface area contributed by atoms with Gasteiger partial charge in [-0.05, 0) is 51.5 Å². The molecule has 3 fully saturated rings. The zero-order valence-electron chi connectivity index (χ0n) is 29.9. The van der Waals surface area contributed by atoms with Gasteiger partial charge in [0.05, 0.1) is 23.3 Å². The van der Waals surface area contributed by atoms with Crippen molar-refractivity contribution in [3.8, 4) is 22.8 Å². The highest BCUT2D eigenvalue weighted by Gasteiger charge is 2.70. The summed E-state index contributed by atoms with van der Waals surface area (Å²) < 4.78 is 119. The number of fused-ring (bicyclic) bond motifs is 1. The van der Waals surface area contributed by atoms with Crippen molar-refractivity contribution in [2.75, 3.05) is 26.9 Å². The van der Waals surface area contributed by atoms with Crippen LogP contribution in [0.15, 0.2) is 84.2 Å². The van der Waals surface area contributed by atoms with Crippen LogP contribution in [0, 0.1) is 17.0 Å². The Morgan fingerprint density at radius 1 is 0.870 bits per heavy atom. The van der Waals surface area contributed by atoms with Gasteiger partial charge in [-0.25, -0.2) is 13.8 Å². The zero-order valence-corrected chi connectivity index (χ0v) is 32.6. The summed E-state index contributed by atoms with van der Waals surface area (Å²) in [5, 5.41) is 3.37. The molecule has 0 aliphatic heterocycles. The maximum atomic E-state index is 16.1. The van der Waals surface area contributed by atoms with Gasteiger partial charge >= 0.3 is 15.6 Å². The number of alkyl halides is 3. The Bertz CT molecular complexity index is 2240. The largest absolute Gasteiger partial charge is 0.534 e. The number of nitrogens with zero attached hydrogens (tertiary/aromatic N) is 1. The molecule has 3 aliphatic carbocycles. The van der Waals surface area contributed by atoms with E-state index in [2.05, 4.69) is 54.2 Å². The van der Waals surface area contributed by atoms with Gasteiger partial charge in [0.25, 0.3) is 8.32 Å². The van der Waals surface area contributed by atoms with E-state index >= 15 is 4.39 Å². The van der Waals surface area contributed by atoms with Crippen molar-refractivity contribution >= 4 is 50.2 Å². The van der Waals surface area contributed by atoms with Gasteiger partial charge in [0.1, 0.15) is 24.0 Å². The Hall–Kier alpha value is -3.89. The normalized spacial score (nSPS) is 20.0. The zero-order chi connectivity index (χ0) is 38.7. The molecule has 3 aromatic carbocycles. The van der Waals surface area contributed by atoms with E-state index in [9.17, 15) is 26.0 Å². The van der Waals surface area contributed by atoms with E-state index in [0.717, 1.165) is 27.8 Å². The van der Waals surface area contributed by atoms with Gasteiger partial charge in [0, 0.05) is 41.5 Å². The van der Waals surface area contributed by atoms with Gasteiger partial charge in [-0.3, -0.25) is 0 Å². The standard InChI is InChI=1S/C39H38F5NO6S2Si/c1-36(2,3)54(26-11-7-5-8-12-26,27-13-9-6-10-14-27)50-24-37-21-38(22-37,23-37)34-32(31-29(41)19-25(40)20-30(31)49-17-16-48-4)33-28(15-18-52-33)35(45-34)51-53(46,47)39(42,43)44/h5-15,18-20H,16-17,21-24H2,1-4H3. The third kappa shape index (κ3) is 6.40. The van der Waals surface area contributed by atoms with Crippen LogP contribution in [-0.4, -0.2) is 54.2 Å². The van der Waals surface area contributed by atoms with E-state index in [1.165, 1.54) is 18.6 Å². The summed E-state index contributed by atoms with van der Waals surface area (Å²) in [7, 11) is -7.59. The maximum absolute atomic E-state index is 16.1. The van der Waals surface area contributed by atoms with Crippen molar-refractivity contribution in [1.29, 1.82) is 0 Å². The molecule has 2 heterocycles. The summed E-state index contributed by atoms with van der Waals surface area (Å²) in [5.74, 6) is -2.81. The van der Waals surface area contributed by atoms with E-state index in [-0.39, 0.29) is 56.3 Å². The molecule has 7 nitrogen and oxygen atoms in total. The van der Waals surface area contributed by atoms with Crippen LogP contribution < -0.4 is 19.3 Å². The number of rotatable bonds is 13. The number of halogens is 5. The Balaban J connectivity index is 1.32. The Labute approximate surface area is 315 Å². The minimum Gasteiger partial charge on any atom is -0.490 e. The molecule has 8 rings (SSSR count). The van der Waals surface area contributed by atoms with E-state index in [1.54, 1.807) is 0 Å². The first kappa shape index (κ1) is 38.4. The first-order chi connectivity index (χ1) is 25.5. The third-order valence-electron chi connectivity index (χ3n) is 10.5.